The Balaban J connectivity index is 1.72. The number of fused-ring (bicyclic) bond motifs is 1. The van der Waals surface area contributed by atoms with Crippen molar-refractivity contribution in [3.8, 4) is 22.6 Å². The third-order valence-electron chi connectivity index (χ3n) is 6.63. The first-order chi connectivity index (χ1) is 15.7. The van der Waals surface area contributed by atoms with Gasteiger partial charge in [0.2, 0.25) is 0 Å². The fourth-order valence-electron chi connectivity index (χ4n) is 4.88. The summed E-state index contributed by atoms with van der Waals surface area (Å²) in [6.45, 7) is 4.30. The van der Waals surface area contributed by atoms with Gasteiger partial charge in [-0.2, -0.15) is 5.10 Å². The fraction of sp³-hybridized carbons (Fsp3) is 0.500. The predicted molar refractivity (Wildman–Crippen MR) is 123 cm³/mol. The number of hydrogen-bond acceptors (Lipinski definition) is 5. The molecule has 1 aliphatic rings. The van der Waals surface area contributed by atoms with E-state index in [1.165, 1.54) is 4.57 Å². The van der Waals surface area contributed by atoms with Crippen molar-refractivity contribution < 1.29 is 18.3 Å². The number of rotatable bonds is 6. The topological polar surface area (TPSA) is 72.4 Å². The van der Waals surface area contributed by atoms with Crippen molar-refractivity contribution in [3.05, 3.63) is 40.4 Å². The van der Waals surface area contributed by atoms with E-state index in [1.54, 1.807) is 38.6 Å². The van der Waals surface area contributed by atoms with Crippen molar-refractivity contribution in [2.45, 2.75) is 32.7 Å². The lowest BCUT2D eigenvalue weighted by Crippen LogP contribution is -2.49. The standard InChI is InChI=1S/C24H30F2N4O3/c1-14(2)19-6-7-30(13-24(19,25)26)12-18-20(32-4)8-15(9-21(18)33-5)17-11-29(3)23(31)22-16(17)10-27-28-22/h8-11,14,19H,6-7,12-13H2,1-5H3,(H,27,28). The number of aryl methyl sites for hydroxylation is 1. The highest BCUT2D eigenvalue weighted by Crippen LogP contribution is 2.41. The zero-order valence-electron chi connectivity index (χ0n) is 19.6. The Hall–Kier alpha value is -2.94. The largest absolute Gasteiger partial charge is 0.496 e. The van der Waals surface area contributed by atoms with Gasteiger partial charge in [0.1, 0.15) is 17.0 Å². The van der Waals surface area contributed by atoms with Crippen LogP contribution in [0, 0.1) is 11.8 Å². The Morgan fingerprint density at radius 1 is 1.24 bits per heavy atom. The fourth-order valence-corrected chi connectivity index (χ4v) is 4.88. The minimum atomic E-state index is -2.74. The second kappa shape index (κ2) is 8.78. The van der Waals surface area contributed by atoms with Gasteiger partial charge in [-0.15, -0.1) is 0 Å². The van der Waals surface area contributed by atoms with Gasteiger partial charge in [0, 0.05) is 36.7 Å². The first kappa shape index (κ1) is 23.2. The molecule has 1 saturated heterocycles. The first-order valence-electron chi connectivity index (χ1n) is 11.0. The smallest absolute Gasteiger partial charge is 0.276 e. The minimum Gasteiger partial charge on any atom is -0.496 e. The van der Waals surface area contributed by atoms with Crippen molar-refractivity contribution >= 4 is 10.9 Å². The lowest BCUT2D eigenvalue weighted by molar-refractivity contribution is -0.126. The molecular formula is C24H30F2N4O3. The van der Waals surface area contributed by atoms with Crippen LogP contribution < -0.4 is 15.0 Å². The highest BCUT2D eigenvalue weighted by molar-refractivity contribution is 5.94. The van der Waals surface area contributed by atoms with Crippen molar-refractivity contribution in [2.75, 3.05) is 27.3 Å². The zero-order valence-corrected chi connectivity index (χ0v) is 19.6. The van der Waals surface area contributed by atoms with Gasteiger partial charge >= 0.3 is 0 Å². The summed E-state index contributed by atoms with van der Waals surface area (Å²) in [6, 6.07) is 3.70. The first-order valence-corrected chi connectivity index (χ1v) is 11.0. The molecule has 4 rings (SSSR count). The maximum atomic E-state index is 14.8. The molecule has 1 aromatic carbocycles. The number of nitrogens with zero attached hydrogens (tertiary/aromatic N) is 3. The van der Waals surface area contributed by atoms with E-state index in [-0.39, 0.29) is 18.0 Å². The second-order valence-corrected chi connectivity index (χ2v) is 9.09. The van der Waals surface area contributed by atoms with E-state index >= 15 is 0 Å². The maximum Gasteiger partial charge on any atom is 0.276 e. The van der Waals surface area contributed by atoms with Crippen LogP contribution in [0.15, 0.2) is 29.3 Å². The van der Waals surface area contributed by atoms with E-state index < -0.39 is 11.8 Å². The Kier molecular flexibility index (Phi) is 6.18. The number of aromatic amines is 1. The average molecular weight is 461 g/mol. The quantitative estimate of drug-likeness (QED) is 0.601. The SMILES string of the molecule is COc1cc(-c2cn(C)c(=O)c3[nH]ncc23)cc(OC)c1CN1CCC(C(C)C)C(F)(F)C1. The lowest BCUT2D eigenvalue weighted by Gasteiger charge is -2.40. The highest BCUT2D eigenvalue weighted by Gasteiger charge is 2.45. The van der Waals surface area contributed by atoms with E-state index in [9.17, 15) is 13.6 Å². The van der Waals surface area contributed by atoms with Gasteiger partial charge in [-0.1, -0.05) is 13.8 Å². The molecular weight excluding hydrogens is 430 g/mol. The molecule has 0 bridgehead atoms. The van der Waals surface area contributed by atoms with Crippen LogP contribution in [0.3, 0.4) is 0 Å². The molecule has 7 nitrogen and oxygen atoms in total. The van der Waals surface area contributed by atoms with Gasteiger partial charge in [0.15, 0.2) is 0 Å². The molecule has 1 aliphatic heterocycles. The van der Waals surface area contributed by atoms with E-state index in [1.807, 2.05) is 26.0 Å². The zero-order chi connectivity index (χ0) is 23.9. The molecule has 178 valence electrons. The third kappa shape index (κ3) is 4.21. The average Bonchev–Trinajstić information content (AvgIpc) is 3.25. The lowest BCUT2D eigenvalue weighted by atomic mass is 9.83. The molecule has 1 N–H and O–H groups in total. The summed E-state index contributed by atoms with van der Waals surface area (Å²) in [5.74, 6) is -2.32. The van der Waals surface area contributed by atoms with Crippen molar-refractivity contribution in [1.82, 2.24) is 19.7 Å². The van der Waals surface area contributed by atoms with Crippen molar-refractivity contribution in [3.63, 3.8) is 0 Å². The minimum absolute atomic E-state index is 0.0629. The predicted octanol–water partition coefficient (Wildman–Crippen LogP) is 4.06. The maximum absolute atomic E-state index is 14.8. The highest BCUT2D eigenvalue weighted by atomic mass is 19.3. The molecule has 3 aromatic rings. The number of likely N-dealkylation sites (tertiary alicyclic amines) is 1. The van der Waals surface area contributed by atoms with Gasteiger partial charge in [-0.05, 0) is 36.6 Å². The molecule has 0 spiro atoms. The number of pyridine rings is 1. The molecule has 0 aliphatic carbocycles. The van der Waals surface area contributed by atoms with Gasteiger partial charge in [0.05, 0.1) is 32.5 Å². The Bertz CT molecular complexity index is 1190. The summed E-state index contributed by atoms with van der Waals surface area (Å²) in [7, 11) is 4.78. The van der Waals surface area contributed by atoms with E-state index in [2.05, 4.69) is 10.2 Å². The monoisotopic (exact) mass is 460 g/mol. The Morgan fingerprint density at radius 2 is 1.91 bits per heavy atom. The number of benzene rings is 1. The van der Waals surface area contributed by atoms with Crippen LogP contribution in [0.1, 0.15) is 25.8 Å². The van der Waals surface area contributed by atoms with E-state index in [0.717, 1.165) is 16.7 Å². The summed E-state index contributed by atoms with van der Waals surface area (Å²) in [5, 5.41) is 7.47. The van der Waals surface area contributed by atoms with Crippen LogP contribution in [-0.4, -0.2) is 52.9 Å². The van der Waals surface area contributed by atoms with Crippen LogP contribution in [0.4, 0.5) is 8.78 Å². The summed E-state index contributed by atoms with van der Waals surface area (Å²) < 4.78 is 42.4. The Morgan fingerprint density at radius 3 is 2.48 bits per heavy atom. The summed E-state index contributed by atoms with van der Waals surface area (Å²) in [4.78, 5) is 14.2. The van der Waals surface area contributed by atoms with Crippen LogP contribution in [-0.2, 0) is 13.6 Å². The van der Waals surface area contributed by atoms with E-state index in [4.69, 9.17) is 9.47 Å². The third-order valence-corrected chi connectivity index (χ3v) is 6.63. The number of H-pyrrole nitrogens is 1. The molecule has 0 saturated carbocycles. The number of methoxy groups -OCH3 is 2. The van der Waals surface area contributed by atoms with Crippen LogP contribution >= 0.6 is 0 Å². The number of halogens is 2. The summed E-state index contributed by atoms with van der Waals surface area (Å²) >= 11 is 0. The van der Waals surface area contributed by atoms with Crippen LogP contribution in [0.2, 0.25) is 0 Å². The Labute approximate surface area is 191 Å². The molecule has 1 unspecified atom stereocenters. The van der Waals surface area contributed by atoms with Crippen LogP contribution in [0.5, 0.6) is 11.5 Å². The molecule has 3 heterocycles. The number of piperidine rings is 1. The molecule has 0 radical (unpaired) electrons. The van der Waals surface area contributed by atoms with Gasteiger partial charge in [0.25, 0.3) is 11.5 Å². The molecule has 1 fully saturated rings. The normalized spacial score (nSPS) is 18.7. The number of aromatic nitrogens is 3. The van der Waals surface area contributed by atoms with Gasteiger partial charge in [-0.3, -0.25) is 14.8 Å². The van der Waals surface area contributed by atoms with E-state index in [0.29, 0.717) is 41.9 Å². The van der Waals surface area contributed by atoms with Gasteiger partial charge in [-0.25, -0.2) is 8.78 Å². The van der Waals surface area contributed by atoms with Crippen molar-refractivity contribution in [1.29, 1.82) is 0 Å². The second-order valence-electron chi connectivity index (χ2n) is 9.09. The molecule has 2 aromatic heterocycles. The number of alkyl halides is 2. The molecule has 9 heteroatoms. The van der Waals surface area contributed by atoms with Crippen molar-refractivity contribution in [2.24, 2.45) is 18.9 Å². The summed E-state index contributed by atoms with van der Waals surface area (Å²) in [6.07, 6.45) is 3.80. The number of ether oxygens (including phenoxy) is 2. The number of nitrogens with one attached hydrogen (secondary N) is 1. The number of hydrogen-bond donors (Lipinski definition) is 1. The van der Waals surface area contributed by atoms with Crippen LogP contribution in [0.25, 0.3) is 22.0 Å². The van der Waals surface area contributed by atoms with Gasteiger partial charge < -0.3 is 14.0 Å². The molecule has 0 amide bonds. The summed E-state index contributed by atoms with van der Waals surface area (Å²) in [5.41, 5.74) is 2.52. The molecule has 33 heavy (non-hydrogen) atoms. The molecule has 1 atom stereocenters.